The van der Waals surface area contributed by atoms with Crippen LogP contribution in [0.15, 0.2) is 44.4 Å². The first-order chi connectivity index (χ1) is 12.9. The molecule has 1 N–H and O–H groups in total. The van der Waals surface area contributed by atoms with Crippen molar-refractivity contribution in [2.75, 3.05) is 31.1 Å². The van der Waals surface area contributed by atoms with Crippen LogP contribution in [0.25, 0.3) is 0 Å². The number of benzene rings is 1. The van der Waals surface area contributed by atoms with Crippen molar-refractivity contribution in [1.82, 2.24) is 4.31 Å². The van der Waals surface area contributed by atoms with Gasteiger partial charge in [0.2, 0.25) is 0 Å². The Morgan fingerprint density at radius 2 is 1.61 bits per heavy atom. The van der Waals surface area contributed by atoms with E-state index in [1.54, 1.807) is 12.1 Å². The summed E-state index contributed by atoms with van der Waals surface area (Å²) in [5, 5.41) is 9.74. The Bertz CT molecular complexity index is 935. The molecule has 11 heteroatoms. The van der Waals surface area contributed by atoms with E-state index in [2.05, 4.69) is 15.9 Å². The summed E-state index contributed by atoms with van der Waals surface area (Å²) in [6.07, 6.45) is -4.77. The minimum absolute atomic E-state index is 0.242. The van der Waals surface area contributed by atoms with Crippen LogP contribution in [-0.4, -0.2) is 50.2 Å². The molecule has 1 unspecified atom stereocenters. The van der Waals surface area contributed by atoms with Crippen LogP contribution >= 0.6 is 27.3 Å². The van der Waals surface area contributed by atoms with Crippen LogP contribution in [0.1, 0.15) is 12.5 Å². The lowest BCUT2D eigenvalue weighted by Gasteiger charge is -2.35. The second-order valence-electron chi connectivity index (χ2n) is 6.57. The van der Waals surface area contributed by atoms with Gasteiger partial charge in [0.25, 0.3) is 10.0 Å². The van der Waals surface area contributed by atoms with Gasteiger partial charge in [0.1, 0.15) is 4.21 Å². The molecule has 5 nitrogen and oxygen atoms in total. The Kier molecular flexibility index (Phi) is 5.85. The molecule has 0 bridgehead atoms. The monoisotopic (exact) mass is 498 g/mol. The number of sulfonamides is 1. The van der Waals surface area contributed by atoms with Crippen molar-refractivity contribution in [1.29, 1.82) is 0 Å². The Morgan fingerprint density at radius 1 is 1.04 bits per heavy atom. The van der Waals surface area contributed by atoms with E-state index >= 15 is 0 Å². The van der Waals surface area contributed by atoms with E-state index in [0.717, 1.165) is 15.1 Å². The molecule has 1 aliphatic heterocycles. The summed E-state index contributed by atoms with van der Waals surface area (Å²) in [4.78, 5) is 1.91. The van der Waals surface area contributed by atoms with Gasteiger partial charge >= 0.3 is 6.18 Å². The van der Waals surface area contributed by atoms with Crippen molar-refractivity contribution in [3.63, 3.8) is 0 Å². The molecular weight excluding hydrogens is 481 g/mol. The van der Waals surface area contributed by atoms with Crippen LogP contribution in [-0.2, 0) is 15.6 Å². The summed E-state index contributed by atoms with van der Waals surface area (Å²) in [5.41, 5.74) is -2.49. The van der Waals surface area contributed by atoms with Crippen molar-refractivity contribution in [2.45, 2.75) is 22.9 Å². The molecule has 2 aromatic rings. The first kappa shape index (κ1) is 21.6. The number of piperazine rings is 1. The molecule has 1 saturated heterocycles. The molecule has 0 saturated carbocycles. The molecule has 1 fully saturated rings. The van der Waals surface area contributed by atoms with Gasteiger partial charge in [-0.1, -0.05) is 12.1 Å². The highest BCUT2D eigenvalue weighted by atomic mass is 79.9. The van der Waals surface area contributed by atoms with Crippen molar-refractivity contribution >= 4 is 43.0 Å². The number of alkyl halides is 3. The number of rotatable bonds is 4. The zero-order valence-electron chi connectivity index (χ0n) is 14.8. The molecule has 154 valence electrons. The average molecular weight is 499 g/mol. The van der Waals surface area contributed by atoms with E-state index in [0.29, 0.717) is 25.7 Å². The molecule has 1 atom stereocenters. The molecule has 0 spiro atoms. The van der Waals surface area contributed by atoms with Gasteiger partial charge in [-0.05, 0) is 52.7 Å². The average Bonchev–Trinajstić information content (AvgIpc) is 3.08. The lowest BCUT2D eigenvalue weighted by Crippen LogP contribution is -2.48. The normalized spacial score (nSPS) is 18.9. The van der Waals surface area contributed by atoms with E-state index in [1.165, 1.54) is 28.6 Å². The largest absolute Gasteiger partial charge is 0.421 e. The van der Waals surface area contributed by atoms with Gasteiger partial charge in [0, 0.05) is 31.9 Å². The van der Waals surface area contributed by atoms with Gasteiger partial charge in [-0.25, -0.2) is 8.42 Å². The summed E-state index contributed by atoms with van der Waals surface area (Å²) in [6, 6.07) is 8.75. The molecule has 3 rings (SSSR count). The van der Waals surface area contributed by atoms with Crippen LogP contribution in [0, 0.1) is 0 Å². The summed E-state index contributed by atoms with van der Waals surface area (Å²) < 4.78 is 66.6. The van der Waals surface area contributed by atoms with Gasteiger partial charge in [-0.15, -0.1) is 11.3 Å². The third-order valence-electron chi connectivity index (χ3n) is 4.73. The zero-order chi connectivity index (χ0) is 20.7. The van der Waals surface area contributed by atoms with Crippen LogP contribution in [0.5, 0.6) is 0 Å². The molecular formula is C17H18BrF3N2O3S2. The van der Waals surface area contributed by atoms with Gasteiger partial charge in [0.05, 0.1) is 3.79 Å². The van der Waals surface area contributed by atoms with Gasteiger partial charge in [0.15, 0.2) is 5.60 Å². The van der Waals surface area contributed by atoms with Crippen molar-refractivity contribution in [3.8, 4) is 0 Å². The minimum Gasteiger partial charge on any atom is -0.376 e. The second kappa shape index (κ2) is 7.60. The van der Waals surface area contributed by atoms with Crippen molar-refractivity contribution < 1.29 is 26.7 Å². The fourth-order valence-corrected chi connectivity index (χ4v) is 6.50. The lowest BCUT2D eigenvalue weighted by molar-refractivity contribution is -0.258. The minimum atomic E-state index is -4.77. The highest BCUT2D eigenvalue weighted by molar-refractivity contribution is 9.11. The topological polar surface area (TPSA) is 60.9 Å². The molecule has 0 amide bonds. The summed E-state index contributed by atoms with van der Waals surface area (Å²) in [6.45, 7) is 2.11. The van der Waals surface area contributed by atoms with E-state index < -0.39 is 21.8 Å². The molecule has 28 heavy (non-hydrogen) atoms. The molecule has 2 heterocycles. The van der Waals surface area contributed by atoms with Gasteiger partial charge < -0.3 is 10.0 Å². The predicted octanol–water partition coefficient (Wildman–Crippen LogP) is 3.79. The fourth-order valence-electron chi connectivity index (χ4n) is 2.91. The molecule has 1 aliphatic rings. The third kappa shape index (κ3) is 4.09. The lowest BCUT2D eigenvalue weighted by atomic mass is 9.95. The first-order valence-corrected chi connectivity index (χ1v) is 11.4. The van der Waals surface area contributed by atoms with Crippen LogP contribution in [0.2, 0.25) is 0 Å². The predicted molar refractivity (Wildman–Crippen MR) is 105 cm³/mol. The van der Waals surface area contributed by atoms with Crippen molar-refractivity contribution in [2.24, 2.45) is 0 Å². The quantitative estimate of drug-likeness (QED) is 0.696. The molecule has 0 aliphatic carbocycles. The van der Waals surface area contributed by atoms with Crippen LogP contribution < -0.4 is 4.90 Å². The van der Waals surface area contributed by atoms with Gasteiger partial charge in [-0.3, -0.25) is 0 Å². The summed E-state index contributed by atoms with van der Waals surface area (Å²) in [5.74, 6) is 0. The maximum Gasteiger partial charge on any atom is 0.421 e. The standard InChI is InChI=1S/C17H18BrF3N2O3S2/c1-16(24,17(19,20)21)12-2-4-13(5-3-12)22-8-10-23(11-9-22)28(25,26)15-7-6-14(18)27-15/h2-7,24H,8-11H2,1H3. The number of nitrogens with zero attached hydrogens (tertiary/aromatic N) is 2. The Morgan fingerprint density at radius 3 is 2.07 bits per heavy atom. The number of thiophene rings is 1. The van der Waals surface area contributed by atoms with Crippen LogP contribution in [0.3, 0.4) is 0 Å². The number of hydrogen-bond donors (Lipinski definition) is 1. The smallest absolute Gasteiger partial charge is 0.376 e. The van der Waals surface area contributed by atoms with Crippen LogP contribution in [0.4, 0.5) is 18.9 Å². The first-order valence-electron chi connectivity index (χ1n) is 8.33. The van der Waals surface area contributed by atoms with Gasteiger partial charge in [-0.2, -0.15) is 17.5 Å². The Labute approximate surface area is 173 Å². The molecule has 0 radical (unpaired) electrons. The SMILES string of the molecule is CC(O)(c1ccc(N2CCN(S(=O)(=O)c3ccc(Br)s3)CC2)cc1)C(F)(F)F. The molecule has 1 aromatic heterocycles. The fraction of sp³-hybridized carbons (Fsp3) is 0.412. The van der Waals surface area contributed by atoms with Crippen molar-refractivity contribution in [3.05, 3.63) is 45.7 Å². The number of hydrogen-bond acceptors (Lipinski definition) is 5. The highest BCUT2D eigenvalue weighted by Gasteiger charge is 2.51. The Hall–Kier alpha value is -1.14. The Balaban J connectivity index is 1.69. The highest BCUT2D eigenvalue weighted by Crippen LogP contribution is 2.39. The van der Waals surface area contributed by atoms with E-state index in [9.17, 15) is 26.7 Å². The summed E-state index contributed by atoms with van der Waals surface area (Å²) >= 11 is 4.41. The maximum absolute atomic E-state index is 12.9. The maximum atomic E-state index is 12.9. The van der Waals surface area contributed by atoms with E-state index in [-0.39, 0.29) is 22.9 Å². The summed E-state index contributed by atoms with van der Waals surface area (Å²) in [7, 11) is -3.55. The number of anilines is 1. The zero-order valence-corrected chi connectivity index (χ0v) is 18.0. The number of aliphatic hydroxyl groups is 1. The third-order valence-corrected chi connectivity index (χ3v) is 8.72. The second-order valence-corrected chi connectivity index (χ2v) is 11.2. The van der Waals surface area contributed by atoms with E-state index in [1.807, 2.05) is 4.90 Å². The number of halogens is 4. The van der Waals surface area contributed by atoms with E-state index in [4.69, 9.17) is 0 Å². The molecule has 1 aromatic carbocycles.